The molecule has 2 aliphatic rings. The number of nitrogens with one attached hydrogen (secondary N) is 1. The SMILES string of the molecule is Cl.NCCC(=O)NCC1CCCCN1C(=O)C1Cc2ccccc2O1. The number of halogens is 1. The van der Waals surface area contributed by atoms with E-state index in [1.807, 2.05) is 29.2 Å². The minimum absolute atomic E-state index is 0. The lowest BCUT2D eigenvalue weighted by Crippen LogP contribution is -2.53. The van der Waals surface area contributed by atoms with Gasteiger partial charge in [-0.3, -0.25) is 9.59 Å². The molecule has 0 radical (unpaired) electrons. The highest BCUT2D eigenvalue weighted by molar-refractivity contribution is 5.85. The molecule has 3 rings (SSSR count). The molecule has 1 saturated heterocycles. The lowest BCUT2D eigenvalue weighted by molar-refractivity contribution is -0.142. The number of rotatable bonds is 5. The number of ether oxygens (including phenoxy) is 1. The quantitative estimate of drug-likeness (QED) is 0.820. The zero-order valence-corrected chi connectivity index (χ0v) is 15.1. The number of piperidine rings is 1. The van der Waals surface area contributed by atoms with Crippen molar-refractivity contribution >= 4 is 24.2 Å². The van der Waals surface area contributed by atoms with Crippen LogP contribution in [0.3, 0.4) is 0 Å². The topological polar surface area (TPSA) is 84.7 Å². The second-order valence-corrected chi connectivity index (χ2v) is 6.44. The van der Waals surface area contributed by atoms with E-state index in [-0.39, 0.29) is 30.3 Å². The largest absolute Gasteiger partial charge is 0.480 e. The molecule has 6 nitrogen and oxygen atoms in total. The van der Waals surface area contributed by atoms with Crippen LogP contribution in [0.5, 0.6) is 5.75 Å². The van der Waals surface area contributed by atoms with Gasteiger partial charge in [0.15, 0.2) is 6.10 Å². The van der Waals surface area contributed by atoms with Gasteiger partial charge in [0.2, 0.25) is 5.91 Å². The summed E-state index contributed by atoms with van der Waals surface area (Å²) in [5.41, 5.74) is 6.48. The number of hydrogen-bond acceptors (Lipinski definition) is 4. The standard InChI is InChI=1S/C18H25N3O3.ClH/c19-9-8-17(22)20-12-14-6-3-4-10-21(14)18(23)16-11-13-5-1-2-7-15(13)24-16;/h1-2,5,7,14,16H,3-4,6,8-12,19H2,(H,20,22);1H. The van der Waals surface area contributed by atoms with Crippen LogP contribution in [0, 0.1) is 0 Å². The normalized spacial score (nSPS) is 21.7. The van der Waals surface area contributed by atoms with Crippen molar-refractivity contribution < 1.29 is 14.3 Å². The van der Waals surface area contributed by atoms with Gasteiger partial charge in [0, 0.05) is 38.5 Å². The molecule has 0 spiro atoms. The molecule has 2 unspecified atom stereocenters. The third kappa shape index (κ3) is 4.64. The van der Waals surface area contributed by atoms with Crippen molar-refractivity contribution in [2.45, 2.75) is 44.2 Å². The van der Waals surface area contributed by atoms with Crippen LogP contribution in [0.25, 0.3) is 0 Å². The minimum atomic E-state index is -0.442. The Balaban J connectivity index is 0.00000225. The highest BCUT2D eigenvalue weighted by Gasteiger charge is 2.36. The molecule has 2 amide bonds. The fourth-order valence-corrected chi connectivity index (χ4v) is 3.46. The number of fused-ring (bicyclic) bond motifs is 1. The van der Waals surface area contributed by atoms with E-state index in [9.17, 15) is 9.59 Å². The van der Waals surface area contributed by atoms with E-state index >= 15 is 0 Å². The molecule has 1 aromatic carbocycles. The summed E-state index contributed by atoms with van der Waals surface area (Å²) in [7, 11) is 0. The molecular weight excluding hydrogens is 342 g/mol. The molecule has 0 bridgehead atoms. The second-order valence-electron chi connectivity index (χ2n) is 6.44. The second kappa shape index (κ2) is 9.06. The van der Waals surface area contributed by atoms with E-state index < -0.39 is 6.10 Å². The Morgan fingerprint density at radius 3 is 2.84 bits per heavy atom. The van der Waals surface area contributed by atoms with Gasteiger partial charge < -0.3 is 20.7 Å². The zero-order valence-electron chi connectivity index (χ0n) is 14.3. The van der Waals surface area contributed by atoms with Gasteiger partial charge >= 0.3 is 0 Å². The van der Waals surface area contributed by atoms with Crippen molar-refractivity contribution in [3.8, 4) is 5.75 Å². The Morgan fingerprint density at radius 1 is 1.28 bits per heavy atom. The summed E-state index contributed by atoms with van der Waals surface area (Å²) in [6.45, 7) is 1.56. The lowest BCUT2D eigenvalue weighted by atomic mass is 10.00. The number of amides is 2. The van der Waals surface area contributed by atoms with Crippen LogP contribution < -0.4 is 15.8 Å². The van der Waals surface area contributed by atoms with E-state index in [0.717, 1.165) is 37.1 Å². The maximum atomic E-state index is 12.9. The van der Waals surface area contributed by atoms with Crippen LogP contribution in [0.4, 0.5) is 0 Å². The fourth-order valence-electron chi connectivity index (χ4n) is 3.46. The van der Waals surface area contributed by atoms with Crippen molar-refractivity contribution in [1.29, 1.82) is 0 Å². The van der Waals surface area contributed by atoms with Crippen molar-refractivity contribution in [3.63, 3.8) is 0 Å². The van der Waals surface area contributed by atoms with Crippen LogP contribution >= 0.6 is 12.4 Å². The first-order chi connectivity index (χ1) is 11.7. The summed E-state index contributed by atoms with van der Waals surface area (Å²) in [6.07, 6.45) is 3.49. The molecule has 2 atom stereocenters. The van der Waals surface area contributed by atoms with Crippen LogP contribution in [0.15, 0.2) is 24.3 Å². The number of benzene rings is 1. The Labute approximate surface area is 154 Å². The Bertz CT molecular complexity index is 586. The summed E-state index contributed by atoms with van der Waals surface area (Å²) in [4.78, 5) is 26.5. The van der Waals surface area contributed by atoms with Gasteiger partial charge in [-0.05, 0) is 30.9 Å². The summed E-state index contributed by atoms with van der Waals surface area (Å²) >= 11 is 0. The number of nitrogens with two attached hydrogens (primary N) is 1. The first-order valence-electron chi connectivity index (χ1n) is 8.71. The highest BCUT2D eigenvalue weighted by atomic mass is 35.5. The molecule has 1 aromatic rings. The predicted molar refractivity (Wildman–Crippen MR) is 97.8 cm³/mol. The number of likely N-dealkylation sites (tertiary alicyclic amines) is 1. The zero-order chi connectivity index (χ0) is 16.9. The summed E-state index contributed by atoms with van der Waals surface area (Å²) in [5.74, 6) is 0.782. The number of carbonyl (C=O) groups is 2. The van der Waals surface area contributed by atoms with Gasteiger partial charge in [-0.25, -0.2) is 0 Å². The van der Waals surface area contributed by atoms with Gasteiger partial charge in [0.05, 0.1) is 0 Å². The van der Waals surface area contributed by atoms with E-state index in [1.165, 1.54) is 0 Å². The molecule has 2 aliphatic heterocycles. The smallest absolute Gasteiger partial charge is 0.264 e. The maximum Gasteiger partial charge on any atom is 0.264 e. The van der Waals surface area contributed by atoms with E-state index in [2.05, 4.69) is 5.32 Å². The highest BCUT2D eigenvalue weighted by Crippen LogP contribution is 2.30. The number of carbonyl (C=O) groups excluding carboxylic acids is 2. The molecule has 25 heavy (non-hydrogen) atoms. The maximum absolute atomic E-state index is 12.9. The molecule has 3 N–H and O–H groups in total. The third-order valence-corrected chi connectivity index (χ3v) is 4.74. The minimum Gasteiger partial charge on any atom is -0.480 e. The van der Waals surface area contributed by atoms with Gasteiger partial charge in [-0.15, -0.1) is 12.4 Å². The van der Waals surface area contributed by atoms with Crippen LogP contribution in [-0.4, -0.2) is 48.5 Å². The molecule has 0 aromatic heterocycles. The van der Waals surface area contributed by atoms with Crippen molar-refractivity contribution in [2.75, 3.05) is 19.6 Å². The molecule has 0 aliphatic carbocycles. The molecule has 2 heterocycles. The third-order valence-electron chi connectivity index (χ3n) is 4.74. The van der Waals surface area contributed by atoms with Crippen molar-refractivity contribution in [3.05, 3.63) is 29.8 Å². The van der Waals surface area contributed by atoms with E-state index in [1.54, 1.807) is 0 Å². The average Bonchev–Trinajstić information content (AvgIpc) is 3.04. The fraction of sp³-hybridized carbons (Fsp3) is 0.556. The van der Waals surface area contributed by atoms with Crippen LogP contribution in [0.2, 0.25) is 0 Å². The number of hydrogen-bond donors (Lipinski definition) is 2. The van der Waals surface area contributed by atoms with Gasteiger partial charge in [-0.2, -0.15) is 0 Å². The molecule has 138 valence electrons. The van der Waals surface area contributed by atoms with Gasteiger partial charge in [0.25, 0.3) is 5.91 Å². The Hall–Kier alpha value is -1.79. The first kappa shape index (κ1) is 19.5. The first-order valence-corrected chi connectivity index (χ1v) is 8.71. The van der Waals surface area contributed by atoms with E-state index in [4.69, 9.17) is 10.5 Å². The summed E-state index contributed by atoms with van der Waals surface area (Å²) < 4.78 is 5.84. The van der Waals surface area contributed by atoms with Crippen molar-refractivity contribution in [1.82, 2.24) is 10.2 Å². The Morgan fingerprint density at radius 2 is 2.08 bits per heavy atom. The Kier molecular flexibility index (Phi) is 7.08. The molecule has 1 fully saturated rings. The van der Waals surface area contributed by atoms with Crippen LogP contribution in [-0.2, 0) is 16.0 Å². The predicted octanol–water partition coefficient (Wildman–Crippen LogP) is 1.26. The number of para-hydroxylation sites is 1. The molecule has 0 saturated carbocycles. The summed E-state index contributed by atoms with van der Waals surface area (Å²) in [6, 6.07) is 7.83. The molecular formula is C18H26ClN3O3. The number of nitrogens with zero attached hydrogens (tertiary/aromatic N) is 1. The monoisotopic (exact) mass is 367 g/mol. The van der Waals surface area contributed by atoms with Gasteiger partial charge in [-0.1, -0.05) is 18.2 Å². The van der Waals surface area contributed by atoms with E-state index in [0.29, 0.717) is 25.9 Å². The molecule has 7 heteroatoms. The average molecular weight is 368 g/mol. The van der Waals surface area contributed by atoms with Crippen molar-refractivity contribution in [2.24, 2.45) is 5.73 Å². The van der Waals surface area contributed by atoms with Gasteiger partial charge in [0.1, 0.15) is 5.75 Å². The van der Waals surface area contributed by atoms with Crippen LogP contribution in [0.1, 0.15) is 31.2 Å². The lowest BCUT2D eigenvalue weighted by Gasteiger charge is -2.37. The summed E-state index contributed by atoms with van der Waals surface area (Å²) in [5, 5.41) is 2.89.